The maximum Gasteiger partial charge on any atom is 0.233 e. The number of hydrogen-bond acceptors (Lipinski definition) is 5. The molecule has 2 amide bonds. The first-order valence-corrected chi connectivity index (χ1v) is 11.0. The fraction of sp³-hybridized carbons (Fsp3) is 0.217. The standard InChI is InChI=1S/C23H23N5O2S/c1-16-13-21-25-26-23(28(21)19-10-6-5-9-18(16)19)31-15-22(30)27(12-11-20(24)29)14-17-7-3-2-4-8-17/h2-10,13H,11-12,14-15H2,1H3,(H2,24,29). The third-order valence-electron chi connectivity index (χ3n) is 5.10. The average molecular weight is 434 g/mol. The number of aryl methyl sites for hydroxylation is 1. The number of aromatic nitrogens is 3. The number of pyridine rings is 1. The highest BCUT2D eigenvalue weighted by atomic mass is 32.2. The summed E-state index contributed by atoms with van der Waals surface area (Å²) in [4.78, 5) is 25.9. The molecular weight excluding hydrogens is 410 g/mol. The van der Waals surface area contributed by atoms with Crippen LogP contribution in [0.3, 0.4) is 0 Å². The van der Waals surface area contributed by atoms with Gasteiger partial charge in [-0.1, -0.05) is 60.3 Å². The predicted molar refractivity (Wildman–Crippen MR) is 122 cm³/mol. The molecule has 0 radical (unpaired) electrons. The van der Waals surface area contributed by atoms with Gasteiger partial charge in [0.1, 0.15) is 0 Å². The number of para-hydroxylation sites is 1. The highest BCUT2D eigenvalue weighted by molar-refractivity contribution is 7.99. The minimum Gasteiger partial charge on any atom is -0.370 e. The summed E-state index contributed by atoms with van der Waals surface area (Å²) >= 11 is 1.34. The van der Waals surface area contributed by atoms with Crippen LogP contribution < -0.4 is 5.73 Å². The van der Waals surface area contributed by atoms with Gasteiger partial charge in [0, 0.05) is 24.9 Å². The molecule has 2 N–H and O–H groups in total. The van der Waals surface area contributed by atoms with Crippen LogP contribution in [0, 0.1) is 6.92 Å². The molecular formula is C23H23N5O2S. The Morgan fingerprint density at radius 2 is 1.81 bits per heavy atom. The minimum absolute atomic E-state index is 0.0803. The second-order valence-corrected chi connectivity index (χ2v) is 8.27. The van der Waals surface area contributed by atoms with Crippen LogP contribution in [0.25, 0.3) is 16.6 Å². The van der Waals surface area contributed by atoms with E-state index in [2.05, 4.69) is 16.3 Å². The first-order valence-electron chi connectivity index (χ1n) is 9.99. The number of amides is 2. The Morgan fingerprint density at radius 1 is 1.06 bits per heavy atom. The fourth-order valence-electron chi connectivity index (χ4n) is 3.53. The summed E-state index contributed by atoms with van der Waals surface area (Å²) in [7, 11) is 0. The molecule has 2 aromatic heterocycles. The number of rotatable bonds is 8. The summed E-state index contributed by atoms with van der Waals surface area (Å²) in [5, 5.41) is 10.4. The quantitative estimate of drug-likeness (QED) is 0.431. The number of nitrogens with two attached hydrogens (primary N) is 1. The number of primary amides is 1. The SMILES string of the molecule is Cc1cc2nnc(SCC(=O)N(CCC(N)=O)Cc3ccccc3)n2c2ccccc12. The van der Waals surface area contributed by atoms with E-state index in [0.717, 1.165) is 27.7 Å². The maximum absolute atomic E-state index is 13.0. The smallest absolute Gasteiger partial charge is 0.233 e. The molecule has 0 bridgehead atoms. The molecule has 2 aromatic carbocycles. The highest BCUT2D eigenvalue weighted by Gasteiger charge is 2.18. The van der Waals surface area contributed by atoms with Crippen molar-refractivity contribution in [2.75, 3.05) is 12.3 Å². The Labute approximate surface area is 184 Å². The lowest BCUT2D eigenvalue weighted by molar-refractivity contribution is -0.129. The molecule has 0 atom stereocenters. The van der Waals surface area contributed by atoms with Crippen LogP contribution in [-0.2, 0) is 16.1 Å². The van der Waals surface area contributed by atoms with Gasteiger partial charge in [0.25, 0.3) is 0 Å². The molecule has 2 heterocycles. The van der Waals surface area contributed by atoms with Crippen LogP contribution in [0.1, 0.15) is 17.5 Å². The lowest BCUT2D eigenvalue weighted by atomic mass is 10.1. The van der Waals surface area contributed by atoms with E-state index in [1.54, 1.807) is 4.90 Å². The number of fused-ring (bicyclic) bond motifs is 3. The van der Waals surface area contributed by atoms with E-state index in [1.165, 1.54) is 11.8 Å². The molecule has 0 fully saturated rings. The Balaban J connectivity index is 1.55. The number of hydrogen-bond donors (Lipinski definition) is 1. The van der Waals surface area contributed by atoms with Crippen LogP contribution in [0.15, 0.2) is 65.8 Å². The van der Waals surface area contributed by atoms with Gasteiger partial charge in [0.05, 0.1) is 11.3 Å². The largest absolute Gasteiger partial charge is 0.370 e. The fourth-order valence-corrected chi connectivity index (χ4v) is 4.38. The van der Waals surface area contributed by atoms with E-state index >= 15 is 0 Å². The van der Waals surface area contributed by atoms with Crippen molar-refractivity contribution in [3.8, 4) is 0 Å². The van der Waals surface area contributed by atoms with Gasteiger partial charge in [-0.2, -0.15) is 0 Å². The maximum atomic E-state index is 13.0. The molecule has 4 aromatic rings. The molecule has 0 unspecified atom stereocenters. The van der Waals surface area contributed by atoms with Gasteiger partial charge in [-0.3, -0.25) is 14.0 Å². The zero-order chi connectivity index (χ0) is 21.8. The van der Waals surface area contributed by atoms with Crippen LogP contribution in [0.4, 0.5) is 0 Å². The number of benzene rings is 2. The van der Waals surface area contributed by atoms with Gasteiger partial charge >= 0.3 is 0 Å². The van der Waals surface area contributed by atoms with Crippen LogP contribution >= 0.6 is 11.8 Å². The third-order valence-corrected chi connectivity index (χ3v) is 6.01. The van der Waals surface area contributed by atoms with Gasteiger partial charge in [0.2, 0.25) is 11.8 Å². The molecule has 0 saturated carbocycles. The molecule has 0 aliphatic carbocycles. The van der Waals surface area contributed by atoms with Crippen molar-refractivity contribution in [1.29, 1.82) is 0 Å². The van der Waals surface area contributed by atoms with Crippen molar-refractivity contribution in [3.05, 3.63) is 71.8 Å². The van der Waals surface area contributed by atoms with Gasteiger partial charge < -0.3 is 10.6 Å². The summed E-state index contributed by atoms with van der Waals surface area (Å²) in [6.45, 7) is 2.76. The van der Waals surface area contributed by atoms with Gasteiger partial charge in [-0.05, 0) is 30.2 Å². The van der Waals surface area contributed by atoms with Gasteiger partial charge in [-0.15, -0.1) is 10.2 Å². The van der Waals surface area contributed by atoms with Crippen molar-refractivity contribution in [2.24, 2.45) is 5.73 Å². The second kappa shape index (κ2) is 9.18. The van der Waals surface area contributed by atoms with Crippen molar-refractivity contribution in [1.82, 2.24) is 19.5 Å². The Morgan fingerprint density at radius 3 is 2.58 bits per heavy atom. The summed E-state index contributed by atoms with van der Waals surface area (Å²) in [5.74, 6) is -0.318. The number of carbonyl (C=O) groups is 2. The highest BCUT2D eigenvalue weighted by Crippen LogP contribution is 2.26. The molecule has 0 aliphatic rings. The van der Waals surface area contributed by atoms with Crippen molar-refractivity contribution in [2.45, 2.75) is 25.0 Å². The van der Waals surface area contributed by atoms with Crippen LogP contribution in [-0.4, -0.2) is 43.6 Å². The second-order valence-electron chi connectivity index (χ2n) is 7.33. The first kappa shape index (κ1) is 20.9. The zero-order valence-electron chi connectivity index (χ0n) is 17.2. The van der Waals surface area contributed by atoms with Crippen molar-refractivity contribution < 1.29 is 9.59 Å². The van der Waals surface area contributed by atoms with Gasteiger partial charge in [0.15, 0.2) is 10.8 Å². The monoisotopic (exact) mass is 433 g/mol. The third kappa shape index (κ3) is 4.69. The van der Waals surface area contributed by atoms with E-state index in [9.17, 15) is 9.59 Å². The van der Waals surface area contributed by atoms with Crippen LogP contribution in [0.5, 0.6) is 0 Å². The van der Waals surface area contributed by atoms with E-state index in [4.69, 9.17) is 5.73 Å². The molecule has 31 heavy (non-hydrogen) atoms. The molecule has 0 aliphatic heterocycles. The normalized spacial score (nSPS) is 11.1. The van der Waals surface area contributed by atoms with E-state index in [-0.39, 0.29) is 24.6 Å². The summed E-state index contributed by atoms with van der Waals surface area (Å²) in [6.07, 6.45) is 0.126. The summed E-state index contributed by atoms with van der Waals surface area (Å²) < 4.78 is 1.98. The first-order chi connectivity index (χ1) is 15.0. The van der Waals surface area contributed by atoms with E-state index < -0.39 is 5.91 Å². The van der Waals surface area contributed by atoms with E-state index in [0.29, 0.717) is 11.7 Å². The topological polar surface area (TPSA) is 93.6 Å². The van der Waals surface area contributed by atoms with Crippen molar-refractivity contribution >= 4 is 40.1 Å². The minimum atomic E-state index is -0.427. The van der Waals surface area contributed by atoms with Crippen LogP contribution in [0.2, 0.25) is 0 Å². The van der Waals surface area contributed by atoms with E-state index in [1.807, 2.05) is 65.9 Å². The number of nitrogens with zero attached hydrogens (tertiary/aromatic N) is 4. The summed E-state index contributed by atoms with van der Waals surface area (Å²) in [6, 6.07) is 19.8. The summed E-state index contributed by atoms with van der Waals surface area (Å²) in [5.41, 5.74) is 9.19. The molecule has 4 rings (SSSR count). The Bertz CT molecular complexity index is 1240. The molecule has 0 spiro atoms. The Hall–Kier alpha value is -3.39. The zero-order valence-corrected chi connectivity index (χ0v) is 18.0. The number of carbonyl (C=O) groups excluding carboxylic acids is 2. The lowest BCUT2D eigenvalue weighted by Crippen LogP contribution is -2.34. The Kier molecular flexibility index (Phi) is 6.18. The molecule has 8 heteroatoms. The lowest BCUT2D eigenvalue weighted by Gasteiger charge is -2.22. The average Bonchev–Trinajstić information content (AvgIpc) is 3.18. The predicted octanol–water partition coefficient (Wildman–Crippen LogP) is 3.19. The van der Waals surface area contributed by atoms with Crippen molar-refractivity contribution in [3.63, 3.8) is 0 Å². The van der Waals surface area contributed by atoms with Gasteiger partial charge in [-0.25, -0.2) is 0 Å². The number of thioether (sulfide) groups is 1. The molecule has 0 saturated heterocycles. The molecule has 158 valence electrons. The molecule has 7 nitrogen and oxygen atoms in total.